The van der Waals surface area contributed by atoms with Gasteiger partial charge in [-0.2, -0.15) is 0 Å². The third kappa shape index (κ3) is 3.32. The van der Waals surface area contributed by atoms with Crippen LogP contribution in [0.3, 0.4) is 0 Å². The Hall–Kier alpha value is 0.177. The smallest absolute Gasteiger partial charge is 0.0545 e. The molecule has 0 radical (unpaired) electrons. The van der Waals surface area contributed by atoms with Gasteiger partial charge in [0, 0.05) is 0 Å². The Kier molecular flexibility index (Phi) is 3.72. The molecule has 1 saturated carbocycles. The van der Waals surface area contributed by atoms with Crippen LogP contribution in [-0.4, -0.2) is 19.3 Å². The Balaban J connectivity index is 2.73. The molecule has 0 heterocycles. The number of hydrogen-bond donors (Lipinski definition) is 1. The summed E-state index contributed by atoms with van der Waals surface area (Å²) in [6.07, 6.45) is 3.47. The molecule has 0 bridgehead atoms. The van der Waals surface area contributed by atoms with Gasteiger partial charge in [-0.25, -0.2) is 0 Å². The van der Waals surface area contributed by atoms with Crippen LogP contribution in [0.25, 0.3) is 0 Å². The summed E-state index contributed by atoms with van der Waals surface area (Å²) in [6, 6.07) is 0. The van der Waals surface area contributed by atoms with Crippen LogP contribution < -0.4 is 0 Å². The van der Waals surface area contributed by atoms with Gasteiger partial charge in [-0.3, -0.25) is 0 Å². The zero-order valence-electron chi connectivity index (χ0n) is 11.3. The van der Waals surface area contributed by atoms with Crippen molar-refractivity contribution in [1.29, 1.82) is 0 Å². The molecule has 0 spiro atoms. The molecule has 1 N–H and O–H groups in total. The Morgan fingerprint density at radius 1 is 1.07 bits per heavy atom. The highest BCUT2D eigenvalue weighted by Gasteiger charge is 2.40. The van der Waals surface area contributed by atoms with Crippen molar-refractivity contribution in [2.45, 2.75) is 71.3 Å². The Labute approximate surface area is 96.3 Å². The number of hydrogen-bond acceptors (Lipinski definition) is 1. The van der Waals surface area contributed by atoms with E-state index in [1.807, 2.05) is 0 Å². The lowest BCUT2D eigenvalue weighted by Crippen LogP contribution is -2.42. The molecule has 0 aromatic rings. The first-order valence-corrected chi connectivity index (χ1v) is 9.88. The second kappa shape index (κ2) is 4.21. The van der Waals surface area contributed by atoms with E-state index in [0.29, 0.717) is 11.0 Å². The van der Waals surface area contributed by atoms with E-state index in [1.54, 1.807) is 0 Å². The maximum Gasteiger partial charge on any atom is 0.0545 e. The summed E-state index contributed by atoms with van der Waals surface area (Å²) in [7, 11) is -1.19. The molecule has 3 atom stereocenters. The summed E-state index contributed by atoms with van der Waals surface area (Å²) in [6.45, 7) is 14.2. The lowest BCUT2D eigenvalue weighted by Gasteiger charge is -2.44. The summed E-state index contributed by atoms with van der Waals surface area (Å²) in [4.78, 5) is 0. The first-order chi connectivity index (χ1) is 6.62. The Morgan fingerprint density at radius 3 is 2.00 bits per heavy atom. The van der Waals surface area contributed by atoms with E-state index in [1.165, 1.54) is 12.8 Å². The zero-order chi connectivity index (χ0) is 11.9. The molecular formula is C13H28OSi. The molecule has 0 aliphatic heterocycles. The fraction of sp³-hybridized carbons (Fsp3) is 1.00. The molecule has 1 aliphatic carbocycles. The molecule has 0 saturated heterocycles. The number of rotatable bonds is 1. The fourth-order valence-electron chi connectivity index (χ4n) is 2.87. The third-order valence-electron chi connectivity index (χ3n) is 4.15. The van der Waals surface area contributed by atoms with Crippen molar-refractivity contribution in [2.75, 3.05) is 0 Å². The molecule has 15 heavy (non-hydrogen) atoms. The highest BCUT2D eigenvalue weighted by atomic mass is 28.3. The van der Waals surface area contributed by atoms with Crippen LogP contribution >= 0.6 is 0 Å². The van der Waals surface area contributed by atoms with Crippen LogP contribution in [0.2, 0.25) is 25.2 Å². The van der Waals surface area contributed by atoms with Gasteiger partial charge in [0.2, 0.25) is 0 Å². The van der Waals surface area contributed by atoms with Crippen molar-refractivity contribution in [1.82, 2.24) is 0 Å². The molecule has 0 aromatic carbocycles. The van der Waals surface area contributed by atoms with E-state index in [0.717, 1.165) is 12.3 Å². The lowest BCUT2D eigenvalue weighted by molar-refractivity contribution is 0.0703. The summed E-state index contributed by atoms with van der Waals surface area (Å²) < 4.78 is 0. The first-order valence-electron chi connectivity index (χ1n) is 6.30. The standard InChI is InChI=1S/C13H28OSi/c1-13(2,3)10-7-8-11(14)12(9-10)15(4,5)6/h10-12,14H,7-9H2,1-6H3/t10-,11+,12+/m0/s1. The van der Waals surface area contributed by atoms with Crippen LogP contribution in [-0.2, 0) is 0 Å². The maximum absolute atomic E-state index is 10.1. The van der Waals surface area contributed by atoms with Crippen molar-refractivity contribution in [2.24, 2.45) is 11.3 Å². The quantitative estimate of drug-likeness (QED) is 0.675. The molecule has 1 aliphatic rings. The first kappa shape index (κ1) is 13.2. The van der Waals surface area contributed by atoms with Gasteiger partial charge in [-0.15, -0.1) is 0 Å². The normalized spacial score (nSPS) is 34.2. The highest BCUT2D eigenvalue weighted by Crippen LogP contribution is 2.46. The summed E-state index contributed by atoms with van der Waals surface area (Å²) in [5.41, 5.74) is 1.02. The zero-order valence-corrected chi connectivity index (χ0v) is 12.3. The van der Waals surface area contributed by atoms with Crippen molar-refractivity contribution in [3.8, 4) is 0 Å². The summed E-state index contributed by atoms with van der Waals surface area (Å²) in [5, 5.41) is 10.1. The highest BCUT2D eigenvalue weighted by molar-refractivity contribution is 6.77. The molecule has 1 fully saturated rings. The molecule has 0 unspecified atom stereocenters. The topological polar surface area (TPSA) is 20.2 Å². The SMILES string of the molecule is CC(C)(C)[C@H]1CC[C@@H](O)[C@H]([Si](C)(C)C)C1. The van der Waals surface area contributed by atoms with Crippen molar-refractivity contribution in [3.63, 3.8) is 0 Å². The predicted octanol–water partition coefficient (Wildman–Crippen LogP) is 3.90. The van der Waals surface area contributed by atoms with Gasteiger partial charge in [0.05, 0.1) is 14.2 Å². The number of aliphatic hydroxyl groups excluding tert-OH is 1. The molecule has 90 valence electrons. The minimum atomic E-state index is -1.19. The molecule has 0 amide bonds. The number of aliphatic hydroxyl groups is 1. The molecule has 1 nitrogen and oxygen atoms in total. The maximum atomic E-state index is 10.1. The molecule has 0 aromatic heterocycles. The van der Waals surface area contributed by atoms with E-state index in [-0.39, 0.29) is 6.10 Å². The van der Waals surface area contributed by atoms with E-state index in [4.69, 9.17) is 0 Å². The van der Waals surface area contributed by atoms with E-state index < -0.39 is 8.07 Å². The second-order valence-electron chi connectivity index (χ2n) is 7.42. The van der Waals surface area contributed by atoms with Crippen LogP contribution in [0.4, 0.5) is 0 Å². The van der Waals surface area contributed by atoms with E-state index >= 15 is 0 Å². The van der Waals surface area contributed by atoms with Crippen molar-refractivity contribution in [3.05, 3.63) is 0 Å². The van der Waals surface area contributed by atoms with Gasteiger partial charge in [-0.05, 0) is 36.1 Å². The van der Waals surface area contributed by atoms with Gasteiger partial charge >= 0.3 is 0 Å². The van der Waals surface area contributed by atoms with Crippen LogP contribution in [0.15, 0.2) is 0 Å². The predicted molar refractivity (Wildman–Crippen MR) is 69.9 cm³/mol. The van der Waals surface area contributed by atoms with Crippen LogP contribution in [0.1, 0.15) is 40.0 Å². The van der Waals surface area contributed by atoms with E-state index in [9.17, 15) is 5.11 Å². The fourth-order valence-corrected chi connectivity index (χ4v) is 5.18. The average Bonchev–Trinajstić information content (AvgIpc) is 2.00. The third-order valence-corrected chi connectivity index (χ3v) is 7.00. The molecular weight excluding hydrogens is 200 g/mol. The average molecular weight is 228 g/mol. The van der Waals surface area contributed by atoms with E-state index in [2.05, 4.69) is 40.4 Å². The van der Waals surface area contributed by atoms with Gasteiger partial charge in [-0.1, -0.05) is 40.4 Å². The monoisotopic (exact) mass is 228 g/mol. The summed E-state index contributed by atoms with van der Waals surface area (Å²) in [5.74, 6) is 0.803. The minimum Gasteiger partial charge on any atom is -0.393 e. The summed E-state index contributed by atoms with van der Waals surface area (Å²) >= 11 is 0. The lowest BCUT2D eigenvalue weighted by atomic mass is 9.71. The van der Waals surface area contributed by atoms with Gasteiger partial charge in [0.1, 0.15) is 0 Å². The van der Waals surface area contributed by atoms with Crippen LogP contribution in [0.5, 0.6) is 0 Å². The Bertz CT molecular complexity index is 212. The second-order valence-corrected chi connectivity index (χ2v) is 12.9. The van der Waals surface area contributed by atoms with Gasteiger partial charge < -0.3 is 5.11 Å². The van der Waals surface area contributed by atoms with Crippen LogP contribution in [0, 0.1) is 11.3 Å². The Morgan fingerprint density at radius 2 is 1.60 bits per heavy atom. The largest absolute Gasteiger partial charge is 0.393 e. The molecule has 1 rings (SSSR count). The van der Waals surface area contributed by atoms with Crippen molar-refractivity contribution < 1.29 is 5.11 Å². The van der Waals surface area contributed by atoms with Crippen molar-refractivity contribution >= 4 is 8.07 Å². The minimum absolute atomic E-state index is 0.0183. The van der Waals surface area contributed by atoms with Gasteiger partial charge in [0.25, 0.3) is 0 Å². The molecule has 2 heteroatoms. The van der Waals surface area contributed by atoms with Gasteiger partial charge in [0.15, 0.2) is 0 Å².